The lowest BCUT2D eigenvalue weighted by Gasteiger charge is -2.35. The standard InChI is InChI=1S/C10H19N2O4PS/c11-3-1-7-15-17(18,16-8-2-6-13)12-4-9-14-10-5-12/h13H,1-2,4-10H2. The van der Waals surface area contributed by atoms with Gasteiger partial charge in [0.15, 0.2) is 0 Å². The summed E-state index contributed by atoms with van der Waals surface area (Å²) in [6.07, 6.45) is 0.830. The fourth-order valence-corrected chi connectivity index (χ4v) is 4.12. The Labute approximate surface area is 113 Å². The average Bonchev–Trinajstić information content (AvgIpc) is 2.40. The zero-order valence-corrected chi connectivity index (χ0v) is 12.0. The van der Waals surface area contributed by atoms with Crippen molar-refractivity contribution in [1.82, 2.24) is 4.67 Å². The van der Waals surface area contributed by atoms with E-state index in [-0.39, 0.29) is 13.2 Å². The van der Waals surface area contributed by atoms with Crippen molar-refractivity contribution in [1.29, 1.82) is 5.26 Å². The maximum Gasteiger partial charge on any atom is 0.264 e. The van der Waals surface area contributed by atoms with Gasteiger partial charge in [0.25, 0.3) is 6.64 Å². The van der Waals surface area contributed by atoms with Crippen LogP contribution in [0, 0.1) is 11.3 Å². The Kier molecular flexibility index (Phi) is 7.95. The van der Waals surface area contributed by atoms with E-state index in [4.69, 9.17) is 36.0 Å². The summed E-state index contributed by atoms with van der Waals surface area (Å²) in [5.41, 5.74) is 0. The predicted molar refractivity (Wildman–Crippen MR) is 70.5 cm³/mol. The Morgan fingerprint density at radius 2 is 2.00 bits per heavy atom. The number of aliphatic hydroxyl groups excluding tert-OH is 1. The number of nitriles is 1. The number of hydrogen-bond acceptors (Lipinski definition) is 6. The highest BCUT2D eigenvalue weighted by molar-refractivity contribution is 8.08. The van der Waals surface area contributed by atoms with Crippen molar-refractivity contribution in [2.24, 2.45) is 0 Å². The van der Waals surface area contributed by atoms with E-state index in [1.54, 1.807) is 0 Å². The van der Waals surface area contributed by atoms with Crippen molar-refractivity contribution in [2.75, 3.05) is 46.1 Å². The fourth-order valence-electron chi connectivity index (χ4n) is 1.45. The van der Waals surface area contributed by atoms with Crippen molar-refractivity contribution < 1.29 is 18.9 Å². The van der Waals surface area contributed by atoms with Crippen LogP contribution in [-0.2, 0) is 25.6 Å². The third-order valence-electron chi connectivity index (χ3n) is 2.36. The number of nitrogens with zero attached hydrogens (tertiary/aromatic N) is 2. The quantitative estimate of drug-likeness (QED) is 0.526. The monoisotopic (exact) mass is 294 g/mol. The third-order valence-corrected chi connectivity index (χ3v) is 5.79. The smallest absolute Gasteiger partial charge is 0.264 e. The minimum Gasteiger partial charge on any atom is -0.396 e. The number of ether oxygens (including phenoxy) is 1. The SMILES string of the molecule is N#CCCOP(=S)(OCCCO)N1CCOCC1. The molecule has 0 aromatic heterocycles. The molecular weight excluding hydrogens is 275 g/mol. The largest absolute Gasteiger partial charge is 0.396 e. The molecule has 1 unspecified atom stereocenters. The molecule has 1 aliphatic rings. The van der Waals surface area contributed by atoms with Crippen LogP contribution >= 0.6 is 6.64 Å². The summed E-state index contributed by atoms with van der Waals surface area (Å²) < 4.78 is 18.5. The van der Waals surface area contributed by atoms with E-state index in [0.29, 0.717) is 45.8 Å². The van der Waals surface area contributed by atoms with Gasteiger partial charge in [-0.3, -0.25) is 0 Å². The first-order chi connectivity index (χ1) is 8.73. The van der Waals surface area contributed by atoms with Gasteiger partial charge in [0.05, 0.1) is 38.9 Å². The minimum atomic E-state index is -2.53. The molecule has 1 saturated heterocycles. The first-order valence-corrected chi connectivity index (χ1v) is 8.52. The second-order valence-electron chi connectivity index (χ2n) is 3.69. The van der Waals surface area contributed by atoms with Gasteiger partial charge in [-0.1, -0.05) is 0 Å². The molecule has 1 heterocycles. The zero-order chi connectivity index (χ0) is 13.3. The van der Waals surface area contributed by atoms with E-state index in [2.05, 4.69) is 0 Å². The molecule has 6 nitrogen and oxygen atoms in total. The topological polar surface area (TPSA) is 75.0 Å². The minimum absolute atomic E-state index is 0.0661. The second-order valence-corrected chi connectivity index (χ2v) is 7.09. The number of rotatable bonds is 8. The van der Waals surface area contributed by atoms with Crippen molar-refractivity contribution in [3.8, 4) is 6.07 Å². The zero-order valence-electron chi connectivity index (χ0n) is 10.3. The molecular formula is C10H19N2O4PS. The molecule has 1 atom stereocenters. The normalized spacial score (nSPS) is 20.2. The molecule has 18 heavy (non-hydrogen) atoms. The molecule has 0 aromatic carbocycles. The molecule has 1 aliphatic heterocycles. The van der Waals surface area contributed by atoms with Crippen molar-refractivity contribution >= 4 is 18.4 Å². The molecule has 0 radical (unpaired) electrons. The molecule has 0 amide bonds. The Hall–Kier alpha value is -0.0600. The summed E-state index contributed by atoms with van der Waals surface area (Å²) in [5, 5.41) is 17.3. The maximum absolute atomic E-state index is 8.77. The Bertz CT molecular complexity index is 317. The Morgan fingerprint density at radius 1 is 1.33 bits per heavy atom. The molecule has 1 rings (SSSR count). The van der Waals surface area contributed by atoms with E-state index >= 15 is 0 Å². The van der Waals surface area contributed by atoms with Crippen molar-refractivity contribution in [2.45, 2.75) is 12.8 Å². The summed E-state index contributed by atoms with van der Waals surface area (Å²) in [6.45, 7) is 0.787. The summed E-state index contributed by atoms with van der Waals surface area (Å²) in [5.74, 6) is 0. The van der Waals surface area contributed by atoms with Gasteiger partial charge in [0, 0.05) is 19.7 Å². The van der Waals surface area contributed by atoms with E-state index in [1.165, 1.54) is 0 Å². The molecule has 0 aromatic rings. The van der Waals surface area contributed by atoms with Crippen LogP contribution in [0.15, 0.2) is 0 Å². The number of morpholine rings is 1. The molecule has 104 valence electrons. The highest BCUT2D eigenvalue weighted by Crippen LogP contribution is 2.52. The Morgan fingerprint density at radius 3 is 2.61 bits per heavy atom. The first-order valence-electron chi connectivity index (χ1n) is 5.93. The number of aliphatic hydroxyl groups is 1. The summed E-state index contributed by atoms with van der Waals surface area (Å²) in [7, 11) is 0. The molecule has 0 spiro atoms. The lowest BCUT2D eigenvalue weighted by molar-refractivity contribution is 0.0589. The van der Waals surface area contributed by atoms with E-state index in [9.17, 15) is 0 Å². The highest BCUT2D eigenvalue weighted by Gasteiger charge is 2.29. The van der Waals surface area contributed by atoms with Gasteiger partial charge in [0.2, 0.25) is 0 Å². The fraction of sp³-hybridized carbons (Fsp3) is 0.900. The molecule has 0 bridgehead atoms. The van der Waals surface area contributed by atoms with Crippen LogP contribution in [0.4, 0.5) is 0 Å². The first kappa shape index (κ1) is 16.0. The van der Waals surface area contributed by atoms with E-state index in [1.807, 2.05) is 10.7 Å². The summed E-state index contributed by atoms with van der Waals surface area (Å²) >= 11 is 5.49. The lowest BCUT2D eigenvalue weighted by Crippen LogP contribution is -2.35. The molecule has 1 N–H and O–H groups in total. The maximum atomic E-state index is 8.77. The number of hydrogen-bond donors (Lipinski definition) is 1. The van der Waals surface area contributed by atoms with Crippen LogP contribution in [0.25, 0.3) is 0 Å². The van der Waals surface area contributed by atoms with Crippen molar-refractivity contribution in [3.63, 3.8) is 0 Å². The second kappa shape index (κ2) is 8.94. The van der Waals surface area contributed by atoms with Gasteiger partial charge in [0.1, 0.15) is 0 Å². The average molecular weight is 294 g/mol. The van der Waals surface area contributed by atoms with Gasteiger partial charge >= 0.3 is 0 Å². The van der Waals surface area contributed by atoms with Crippen LogP contribution < -0.4 is 0 Å². The van der Waals surface area contributed by atoms with Gasteiger partial charge in [-0.25, -0.2) is 4.67 Å². The third kappa shape index (κ3) is 5.29. The van der Waals surface area contributed by atoms with Crippen LogP contribution in [0.5, 0.6) is 0 Å². The van der Waals surface area contributed by atoms with Gasteiger partial charge in [-0.05, 0) is 18.2 Å². The Balaban J connectivity index is 2.53. The van der Waals surface area contributed by atoms with Crippen LogP contribution in [0.2, 0.25) is 0 Å². The van der Waals surface area contributed by atoms with Crippen LogP contribution in [0.3, 0.4) is 0 Å². The molecule has 8 heteroatoms. The predicted octanol–water partition coefficient (Wildman–Crippen LogP) is 0.872. The van der Waals surface area contributed by atoms with Crippen LogP contribution in [0.1, 0.15) is 12.8 Å². The van der Waals surface area contributed by atoms with E-state index in [0.717, 1.165) is 0 Å². The summed E-state index contributed by atoms with van der Waals surface area (Å²) in [4.78, 5) is 0. The lowest BCUT2D eigenvalue weighted by atomic mass is 10.5. The van der Waals surface area contributed by atoms with Gasteiger partial charge in [-0.2, -0.15) is 5.26 Å². The van der Waals surface area contributed by atoms with Gasteiger partial charge in [-0.15, -0.1) is 0 Å². The van der Waals surface area contributed by atoms with Crippen molar-refractivity contribution in [3.05, 3.63) is 0 Å². The molecule has 1 fully saturated rings. The van der Waals surface area contributed by atoms with Gasteiger partial charge < -0.3 is 18.9 Å². The summed E-state index contributed by atoms with van der Waals surface area (Å²) in [6, 6.07) is 2.02. The van der Waals surface area contributed by atoms with E-state index < -0.39 is 6.64 Å². The molecule has 0 aliphatic carbocycles. The molecule has 0 saturated carbocycles. The van der Waals surface area contributed by atoms with Crippen LogP contribution in [-0.4, -0.2) is 55.9 Å². The highest BCUT2D eigenvalue weighted by atomic mass is 32.5.